The summed E-state index contributed by atoms with van der Waals surface area (Å²) in [6, 6.07) is 4.59. The topological polar surface area (TPSA) is 26.0 Å². The fourth-order valence-electron chi connectivity index (χ4n) is 3.51. The molecule has 1 aliphatic rings. The van der Waals surface area contributed by atoms with Crippen molar-refractivity contribution in [2.24, 2.45) is 17.6 Å². The number of hydrogen-bond acceptors (Lipinski definition) is 1. The fourth-order valence-corrected chi connectivity index (χ4v) is 3.75. The Labute approximate surface area is 114 Å². The summed E-state index contributed by atoms with van der Waals surface area (Å²) < 4.78 is 13.0. The first-order chi connectivity index (χ1) is 8.38. The van der Waals surface area contributed by atoms with Gasteiger partial charge < -0.3 is 5.73 Å². The van der Waals surface area contributed by atoms with Crippen molar-refractivity contribution < 1.29 is 4.39 Å². The van der Waals surface area contributed by atoms with Crippen LogP contribution in [0.15, 0.2) is 18.2 Å². The molecule has 1 aromatic rings. The van der Waals surface area contributed by atoms with Gasteiger partial charge in [0, 0.05) is 10.6 Å². The molecule has 0 radical (unpaired) electrons. The van der Waals surface area contributed by atoms with Gasteiger partial charge in [-0.3, -0.25) is 0 Å². The average molecular weight is 270 g/mol. The van der Waals surface area contributed by atoms with Gasteiger partial charge in [0.15, 0.2) is 0 Å². The first kappa shape index (κ1) is 13.8. The molecule has 0 amide bonds. The van der Waals surface area contributed by atoms with Gasteiger partial charge in [0.2, 0.25) is 0 Å². The molecule has 0 aliphatic heterocycles. The van der Waals surface area contributed by atoms with E-state index in [1.807, 2.05) is 0 Å². The van der Waals surface area contributed by atoms with E-state index in [-0.39, 0.29) is 11.4 Å². The van der Waals surface area contributed by atoms with Gasteiger partial charge in [0.05, 0.1) is 0 Å². The van der Waals surface area contributed by atoms with Gasteiger partial charge in [-0.05, 0) is 55.2 Å². The summed E-state index contributed by atoms with van der Waals surface area (Å²) in [6.45, 7) is 4.51. The molecular formula is C15H21ClFN. The second-order valence-corrected chi connectivity index (χ2v) is 6.54. The molecule has 2 unspecified atom stereocenters. The van der Waals surface area contributed by atoms with E-state index in [1.165, 1.54) is 18.6 Å². The van der Waals surface area contributed by atoms with E-state index in [0.29, 0.717) is 16.9 Å². The molecule has 0 spiro atoms. The molecule has 1 aromatic carbocycles. The van der Waals surface area contributed by atoms with E-state index in [1.54, 1.807) is 6.07 Å². The minimum Gasteiger partial charge on any atom is -0.325 e. The first-order valence-electron chi connectivity index (χ1n) is 6.61. The number of halogens is 2. The lowest BCUT2D eigenvalue weighted by molar-refractivity contribution is 0.182. The van der Waals surface area contributed by atoms with E-state index < -0.39 is 0 Å². The zero-order valence-corrected chi connectivity index (χ0v) is 11.8. The van der Waals surface area contributed by atoms with Crippen molar-refractivity contribution in [2.45, 2.75) is 45.1 Å². The summed E-state index contributed by atoms with van der Waals surface area (Å²) in [6.07, 6.45) is 4.02. The van der Waals surface area contributed by atoms with Crippen molar-refractivity contribution in [1.29, 1.82) is 0 Å². The zero-order valence-electron chi connectivity index (χ0n) is 11.0. The van der Waals surface area contributed by atoms with Crippen LogP contribution in [-0.4, -0.2) is 5.54 Å². The molecular weight excluding hydrogens is 249 g/mol. The standard InChI is InChI=1S/C15H21ClFN/c1-10-5-11(2)8-15(18,7-10)9-12-3-4-13(17)6-14(12)16/h3-4,6,10-11H,5,7-9,18H2,1-2H3. The summed E-state index contributed by atoms with van der Waals surface area (Å²) >= 11 is 6.09. The van der Waals surface area contributed by atoms with Crippen molar-refractivity contribution in [3.63, 3.8) is 0 Å². The average Bonchev–Trinajstić information content (AvgIpc) is 2.20. The Morgan fingerprint density at radius 1 is 1.33 bits per heavy atom. The predicted molar refractivity (Wildman–Crippen MR) is 74.2 cm³/mol. The van der Waals surface area contributed by atoms with E-state index >= 15 is 0 Å². The van der Waals surface area contributed by atoms with Gasteiger partial charge >= 0.3 is 0 Å². The Balaban J connectivity index is 2.16. The maximum Gasteiger partial charge on any atom is 0.124 e. The zero-order chi connectivity index (χ0) is 13.3. The van der Waals surface area contributed by atoms with Gasteiger partial charge in [-0.2, -0.15) is 0 Å². The lowest BCUT2D eigenvalue weighted by Gasteiger charge is -2.40. The van der Waals surface area contributed by atoms with Crippen molar-refractivity contribution in [1.82, 2.24) is 0 Å². The van der Waals surface area contributed by atoms with Crippen LogP contribution >= 0.6 is 11.6 Å². The molecule has 1 nitrogen and oxygen atoms in total. The highest BCUT2D eigenvalue weighted by atomic mass is 35.5. The second-order valence-electron chi connectivity index (χ2n) is 6.13. The van der Waals surface area contributed by atoms with Crippen LogP contribution < -0.4 is 5.73 Å². The summed E-state index contributed by atoms with van der Waals surface area (Å²) in [5.41, 5.74) is 7.29. The molecule has 3 heteroatoms. The molecule has 1 saturated carbocycles. The normalized spacial score (nSPS) is 32.5. The number of hydrogen-bond donors (Lipinski definition) is 1. The number of benzene rings is 1. The molecule has 0 saturated heterocycles. The van der Waals surface area contributed by atoms with Gasteiger partial charge in [-0.15, -0.1) is 0 Å². The summed E-state index contributed by atoms with van der Waals surface area (Å²) in [7, 11) is 0. The predicted octanol–water partition coefficient (Wildman–Crippen LogP) is 4.18. The molecule has 18 heavy (non-hydrogen) atoms. The molecule has 2 rings (SSSR count). The van der Waals surface area contributed by atoms with Crippen molar-refractivity contribution in [3.8, 4) is 0 Å². The monoisotopic (exact) mass is 269 g/mol. The third kappa shape index (κ3) is 3.24. The highest BCUT2D eigenvalue weighted by molar-refractivity contribution is 6.31. The lowest BCUT2D eigenvalue weighted by Crippen LogP contribution is -2.48. The molecule has 0 aromatic heterocycles. The van der Waals surface area contributed by atoms with Crippen LogP contribution in [0.4, 0.5) is 4.39 Å². The molecule has 1 aliphatic carbocycles. The summed E-state index contributed by atoms with van der Waals surface area (Å²) in [5, 5.41) is 0.491. The smallest absolute Gasteiger partial charge is 0.124 e. The van der Waals surface area contributed by atoms with Crippen molar-refractivity contribution >= 4 is 11.6 Å². The van der Waals surface area contributed by atoms with Gasteiger partial charge in [0.25, 0.3) is 0 Å². The second kappa shape index (κ2) is 5.18. The number of nitrogens with two attached hydrogens (primary N) is 1. The quantitative estimate of drug-likeness (QED) is 0.857. The molecule has 0 heterocycles. The van der Waals surface area contributed by atoms with Crippen LogP contribution in [0.25, 0.3) is 0 Å². The van der Waals surface area contributed by atoms with Gasteiger partial charge in [-0.1, -0.05) is 31.5 Å². The fraction of sp³-hybridized carbons (Fsp3) is 0.600. The van der Waals surface area contributed by atoms with Crippen LogP contribution in [0.2, 0.25) is 5.02 Å². The maximum atomic E-state index is 13.0. The Hall–Kier alpha value is -0.600. The molecule has 0 bridgehead atoms. The van der Waals surface area contributed by atoms with Crippen molar-refractivity contribution in [2.75, 3.05) is 0 Å². The Kier molecular flexibility index (Phi) is 3.98. The third-order valence-electron chi connectivity index (χ3n) is 3.87. The molecule has 100 valence electrons. The maximum absolute atomic E-state index is 13.0. The summed E-state index contributed by atoms with van der Waals surface area (Å²) in [5.74, 6) is 1.01. The Morgan fingerprint density at radius 2 is 1.94 bits per heavy atom. The van der Waals surface area contributed by atoms with Crippen LogP contribution in [0, 0.1) is 17.7 Å². The SMILES string of the molecule is CC1CC(C)CC(N)(Cc2ccc(F)cc2Cl)C1. The van der Waals surface area contributed by atoms with Gasteiger partial charge in [-0.25, -0.2) is 4.39 Å². The Morgan fingerprint density at radius 3 is 2.50 bits per heavy atom. The minimum absolute atomic E-state index is 0.196. The number of rotatable bonds is 2. The van der Waals surface area contributed by atoms with Crippen LogP contribution in [0.5, 0.6) is 0 Å². The van der Waals surface area contributed by atoms with E-state index in [0.717, 1.165) is 24.8 Å². The third-order valence-corrected chi connectivity index (χ3v) is 4.22. The van der Waals surface area contributed by atoms with Gasteiger partial charge in [0.1, 0.15) is 5.82 Å². The van der Waals surface area contributed by atoms with E-state index in [2.05, 4.69) is 13.8 Å². The molecule has 2 N–H and O–H groups in total. The van der Waals surface area contributed by atoms with Crippen LogP contribution in [0.1, 0.15) is 38.7 Å². The minimum atomic E-state index is -0.291. The lowest BCUT2D eigenvalue weighted by atomic mass is 9.70. The first-order valence-corrected chi connectivity index (χ1v) is 6.98. The van der Waals surface area contributed by atoms with Crippen molar-refractivity contribution in [3.05, 3.63) is 34.6 Å². The Bertz CT molecular complexity index is 423. The van der Waals surface area contributed by atoms with E-state index in [9.17, 15) is 4.39 Å². The molecule has 2 atom stereocenters. The molecule has 1 fully saturated rings. The van der Waals surface area contributed by atoms with E-state index in [4.69, 9.17) is 17.3 Å². The highest BCUT2D eigenvalue weighted by Crippen LogP contribution is 2.37. The van der Waals surface area contributed by atoms with Crippen LogP contribution in [0.3, 0.4) is 0 Å². The van der Waals surface area contributed by atoms with Crippen LogP contribution in [-0.2, 0) is 6.42 Å². The highest BCUT2D eigenvalue weighted by Gasteiger charge is 2.34. The largest absolute Gasteiger partial charge is 0.325 e. The summed E-state index contributed by atoms with van der Waals surface area (Å²) in [4.78, 5) is 0.